The Hall–Kier alpha value is -1.78. The van der Waals surface area contributed by atoms with Gasteiger partial charge in [-0.2, -0.15) is 0 Å². The van der Waals surface area contributed by atoms with Crippen molar-refractivity contribution in [2.45, 2.75) is 39.2 Å². The third-order valence-corrected chi connectivity index (χ3v) is 3.72. The molecule has 0 bridgehead atoms. The molecule has 19 heavy (non-hydrogen) atoms. The summed E-state index contributed by atoms with van der Waals surface area (Å²) >= 11 is 0. The molecule has 1 aromatic carbocycles. The molecule has 1 N–H and O–H groups in total. The van der Waals surface area contributed by atoms with Gasteiger partial charge in [-0.05, 0) is 30.7 Å². The van der Waals surface area contributed by atoms with E-state index in [1.165, 1.54) is 12.5 Å². The van der Waals surface area contributed by atoms with Gasteiger partial charge in [-0.25, -0.2) is 0 Å². The lowest BCUT2D eigenvalue weighted by molar-refractivity contribution is -0.384. The van der Waals surface area contributed by atoms with E-state index in [2.05, 4.69) is 19.2 Å². The maximum Gasteiger partial charge on any atom is 0.271 e. The summed E-state index contributed by atoms with van der Waals surface area (Å²) < 4.78 is 5.26. The van der Waals surface area contributed by atoms with Gasteiger partial charge in [0.05, 0.1) is 17.7 Å². The van der Waals surface area contributed by atoms with E-state index in [-0.39, 0.29) is 10.6 Å². The van der Waals surface area contributed by atoms with Crippen molar-refractivity contribution in [3.63, 3.8) is 0 Å². The average molecular weight is 264 g/mol. The molecule has 1 fully saturated rings. The normalized spacial score (nSPS) is 21.1. The quantitative estimate of drug-likeness (QED) is 0.666. The summed E-state index contributed by atoms with van der Waals surface area (Å²) in [7, 11) is 1.57. The van der Waals surface area contributed by atoms with Gasteiger partial charge in [-0.1, -0.05) is 13.8 Å². The molecule has 1 atom stereocenters. The van der Waals surface area contributed by atoms with Crippen molar-refractivity contribution < 1.29 is 9.66 Å². The zero-order valence-corrected chi connectivity index (χ0v) is 11.6. The Morgan fingerprint density at radius 3 is 2.74 bits per heavy atom. The molecule has 0 heterocycles. The molecule has 1 aliphatic carbocycles. The van der Waals surface area contributed by atoms with Crippen molar-refractivity contribution in [1.82, 2.24) is 0 Å². The van der Waals surface area contributed by atoms with E-state index in [1.54, 1.807) is 19.2 Å². The van der Waals surface area contributed by atoms with Crippen molar-refractivity contribution >= 4 is 11.4 Å². The molecule has 0 radical (unpaired) electrons. The summed E-state index contributed by atoms with van der Waals surface area (Å²) in [6, 6.07) is 5.00. The van der Waals surface area contributed by atoms with Crippen LogP contribution in [-0.4, -0.2) is 18.1 Å². The van der Waals surface area contributed by atoms with Crippen molar-refractivity contribution in [1.29, 1.82) is 0 Å². The molecule has 2 rings (SSSR count). The number of nitro groups is 1. The van der Waals surface area contributed by atoms with Crippen molar-refractivity contribution in [3.05, 3.63) is 28.3 Å². The van der Waals surface area contributed by atoms with Crippen LogP contribution in [0.25, 0.3) is 0 Å². The third kappa shape index (κ3) is 3.16. The Bertz CT molecular complexity index is 486. The topological polar surface area (TPSA) is 64.4 Å². The van der Waals surface area contributed by atoms with E-state index in [4.69, 9.17) is 4.74 Å². The zero-order chi connectivity index (χ0) is 14.0. The minimum atomic E-state index is -0.386. The summed E-state index contributed by atoms with van der Waals surface area (Å²) in [5.74, 6) is 0.648. The monoisotopic (exact) mass is 264 g/mol. The third-order valence-electron chi connectivity index (χ3n) is 3.72. The fourth-order valence-corrected chi connectivity index (χ4v) is 2.70. The highest BCUT2D eigenvalue weighted by atomic mass is 16.6. The highest BCUT2D eigenvalue weighted by molar-refractivity contribution is 5.62. The molecule has 104 valence electrons. The summed E-state index contributed by atoms with van der Waals surface area (Å²) in [5.41, 5.74) is 1.13. The maximum atomic E-state index is 10.8. The van der Waals surface area contributed by atoms with E-state index in [0.29, 0.717) is 22.9 Å². The number of anilines is 1. The van der Waals surface area contributed by atoms with Crippen LogP contribution in [0.15, 0.2) is 18.2 Å². The van der Waals surface area contributed by atoms with Gasteiger partial charge in [-0.15, -0.1) is 0 Å². The fraction of sp³-hybridized carbons (Fsp3) is 0.571. The van der Waals surface area contributed by atoms with E-state index in [9.17, 15) is 10.1 Å². The summed E-state index contributed by atoms with van der Waals surface area (Å²) in [4.78, 5) is 10.4. The molecule has 0 aromatic heterocycles. The molecule has 5 heteroatoms. The molecular weight excluding hydrogens is 244 g/mol. The van der Waals surface area contributed by atoms with Crippen LogP contribution in [0.4, 0.5) is 11.4 Å². The van der Waals surface area contributed by atoms with E-state index >= 15 is 0 Å². The molecule has 0 saturated heterocycles. The molecule has 1 aromatic rings. The van der Waals surface area contributed by atoms with Gasteiger partial charge in [0.15, 0.2) is 0 Å². The first kappa shape index (κ1) is 13.6. The van der Waals surface area contributed by atoms with Crippen molar-refractivity contribution in [3.8, 4) is 5.75 Å². The Morgan fingerprint density at radius 1 is 1.47 bits per heavy atom. The van der Waals surface area contributed by atoms with Gasteiger partial charge < -0.3 is 10.1 Å². The second kappa shape index (κ2) is 5.07. The number of nitro benzene ring substituents is 1. The van der Waals surface area contributed by atoms with E-state index in [1.807, 2.05) is 0 Å². The van der Waals surface area contributed by atoms with Gasteiger partial charge >= 0.3 is 0 Å². The zero-order valence-electron chi connectivity index (χ0n) is 11.6. The number of methoxy groups -OCH3 is 1. The Balaban J connectivity index is 2.18. The first-order valence-electron chi connectivity index (χ1n) is 6.50. The number of hydrogen-bond acceptors (Lipinski definition) is 4. The molecule has 0 aliphatic heterocycles. The molecule has 1 unspecified atom stereocenters. The number of hydrogen-bond donors (Lipinski definition) is 1. The van der Waals surface area contributed by atoms with Crippen LogP contribution in [0.2, 0.25) is 0 Å². The average Bonchev–Trinajstić information content (AvgIpc) is 2.68. The molecule has 0 spiro atoms. The smallest absolute Gasteiger partial charge is 0.271 e. The van der Waals surface area contributed by atoms with Crippen LogP contribution in [0.5, 0.6) is 5.75 Å². The van der Waals surface area contributed by atoms with Gasteiger partial charge in [0, 0.05) is 18.2 Å². The van der Waals surface area contributed by atoms with Crippen LogP contribution in [-0.2, 0) is 0 Å². The molecular formula is C14H20N2O3. The van der Waals surface area contributed by atoms with Gasteiger partial charge in [0.1, 0.15) is 5.75 Å². The number of nitrogens with zero attached hydrogens (tertiary/aromatic N) is 1. The lowest BCUT2D eigenvalue weighted by atomic mass is 9.92. The number of non-ortho nitro benzene ring substituents is 1. The van der Waals surface area contributed by atoms with Gasteiger partial charge in [-0.3, -0.25) is 10.1 Å². The Kier molecular flexibility index (Phi) is 3.64. The minimum Gasteiger partial charge on any atom is -0.495 e. The summed E-state index contributed by atoms with van der Waals surface area (Å²) in [5, 5.41) is 14.2. The highest BCUT2D eigenvalue weighted by Gasteiger charge is 2.31. The molecule has 5 nitrogen and oxygen atoms in total. The second-order valence-corrected chi connectivity index (χ2v) is 5.89. The first-order valence-corrected chi connectivity index (χ1v) is 6.50. The molecule has 1 saturated carbocycles. The summed E-state index contributed by atoms with van der Waals surface area (Å²) in [6.45, 7) is 4.50. The molecule has 0 amide bonds. The Morgan fingerprint density at radius 2 is 2.21 bits per heavy atom. The van der Waals surface area contributed by atoms with Gasteiger partial charge in [0.2, 0.25) is 0 Å². The first-order chi connectivity index (χ1) is 8.91. The van der Waals surface area contributed by atoms with Crippen LogP contribution < -0.4 is 10.1 Å². The van der Waals surface area contributed by atoms with Crippen LogP contribution in [0, 0.1) is 15.5 Å². The SMILES string of the molecule is COc1ccc([N+](=O)[O-])cc1NC1CCC(C)(C)C1. The minimum absolute atomic E-state index is 0.0838. The lowest BCUT2D eigenvalue weighted by Gasteiger charge is -2.19. The van der Waals surface area contributed by atoms with E-state index in [0.717, 1.165) is 12.8 Å². The van der Waals surface area contributed by atoms with Crippen LogP contribution in [0.1, 0.15) is 33.1 Å². The van der Waals surface area contributed by atoms with Crippen molar-refractivity contribution in [2.24, 2.45) is 5.41 Å². The summed E-state index contributed by atoms with van der Waals surface area (Å²) in [6.07, 6.45) is 3.32. The fourth-order valence-electron chi connectivity index (χ4n) is 2.70. The standard InChI is InChI=1S/C14H20N2O3/c1-14(2)7-6-10(9-14)15-12-8-11(16(17)18)4-5-13(12)19-3/h4-5,8,10,15H,6-7,9H2,1-3H3. The maximum absolute atomic E-state index is 10.8. The van der Waals surface area contributed by atoms with Gasteiger partial charge in [0.25, 0.3) is 5.69 Å². The second-order valence-electron chi connectivity index (χ2n) is 5.89. The lowest BCUT2D eigenvalue weighted by Crippen LogP contribution is -2.18. The van der Waals surface area contributed by atoms with E-state index < -0.39 is 0 Å². The predicted octanol–water partition coefficient (Wildman–Crippen LogP) is 3.59. The van der Waals surface area contributed by atoms with Crippen LogP contribution in [0.3, 0.4) is 0 Å². The number of nitrogens with one attached hydrogen (secondary N) is 1. The number of ether oxygens (including phenoxy) is 1. The molecule has 1 aliphatic rings. The van der Waals surface area contributed by atoms with Crippen LogP contribution >= 0.6 is 0 Å². The largest absolute Gasteiger partial charge is 0.495 e. The number of rotatable bonds is 4. The van der Waals surface area contributed by atoms with Crippen molar-refractivity contribution in [2.75, 3.05) is 12.4 Å². The highest BCUT2D eigenvalue weighted by Crippen LogP contribution is 2.39. The predicted molar refractivity (Wildman–Crippen MR) is 74.7 cm³/mol. The Labute approximate surface area is 113 Å². The number of benzene rings is 1.